The summed E-state index contributed by atoms with van der Waals surface area (Å²) in [4.78, 5) is 27.1. The zero-order valence-electron chi connectivity index (χ0n) is 20.1. The Balaban J connectivity index is 1.21. The Hall–Kier alpha value is -3.45. The van der Waals surface area contributed by atoms with Gasteiger partial charge in [0.1, 0.15) is 0 Å². The first kappa shape index (κ1) is 22.3. The van der Waals surface area contributed by atoms with Crippen molar-refractivity contribution < 1.29 is 4.79 Å². The average Bonchev–Trinajstić information content (AvgIpc) is 3.28. The maximum atomic E-state index is 13.2. The Morgan fingerprint density at radius 3 is 2.68 bits per heavy atom. The minimum absolute atomic E-state index is 0.129. The number of carbonyl (C=O) groups is 1. The highest BCUT2D eigenvalue weighted by Gasteiger charge is 2.35. The largest absolute Gasteiger partial charge is 0.388 e. The fourth-order valence-electron chi connectivity index (χ4n) is 5.17. The number of para-hydroxylation sites is 1. The van der Waals surface area contributed by atoms with E-state index in [4.69, 9.17) is 4.98 Å². The van der Waals surface area contributed by atoms with Crippen LogP contribution in [0.3, 0.4) is 0 Å². The maximum absolute atomic E-state index is 13.2. The molecule has 3 heterocycles. The van der Waals surface area contributed by atoms with Gasteiger partial charge in [0.15, 0.2) is 0 Å². The molecule has 2 N–H and O–H groups in total. The molecule has 34 heavy (non-hydrogen) atoms. The number of nitrogens with one attached hydrogen (secondary N) is 2. The second-order valence-corrected chi connectivity index (χ2v) is 9.37. The van der Waals surface area contributed by atoms with Crippen LogP contribution in [0.4, 0.5) is 17.3 Å². The van der Waals surface area contributed by atoms with Crippen molar-refractivity contribution in [2.45, 2.75) is 51.9 Å². The number of anilines is 3. The Labute approximate surface area is 201 Å². The van der Waals surface area contributed by atoms with Gasteiger partial charge in [0, 0.05) is 67.5 Å². The Bertz CT molecular complexity index is 1180. The van der Waals surface area contributed by atoms with Gasteiger partial charge in [0.25, 0.3) is 5.91 Å². The third-order valence-corrected chi connectivity index (χ3v) is 7.08. The highest BCUT2D eigenvalue weighted by Crippen LogP contribution is 2.31. The summed E-state index contributed by atoms with van der Waals surface area (Å²) < 4.78 is 0. The van der Waals surface area contributed by atoms with E-state index < -0.39 is 0 Å². The number of benzene rings is 2. The van der Waals surface area contributed by atoms with Crippen molar-refractivity contribution in [3.63, 3.8) is 0 Å². The number of amides is 1. The number of hydrogen-bond acceptors (Lipinski definition) is 6. The molecule has 176 valence electrons. The number of carbonyl (C=O) groups excluding carboxylic acids is 1. The van der Waals surface area contributed by atoms with Crippen LogP contribution in [0, 0.1) is 6.92 Å². The second kappa shape index (κ2) is 9.43. The lowest BCUT2D eigenvalue weighted by atomic mass is 9.95. The topological polar surface area (TPSA) is 73.4 Å². The van der Waals surface area contributed by atoms with Gasteiger partial charge in [-0.1, -0.05) is 18.2 Å². The maximum Gasteiger partial charge on any atom is 0.254 e. The zero-order valence-corrected chi connectivity index (χ0v) is 20.1. The van der Waals surface area contributed by atoms with Gasteiger partial charge in [0.05, 0.1) is 5.69 Å². The smallest absolute Gasteiger partial charge is 0.254 e. The second-order valence-electron chi connectivity index (χ2n) is 9.37. The van der Waals surface area contributed by atoms with E-state index in [1.165, 1.54) is 5.56 Å². The first-order valence-corrected chi connectivity index (χ1v) is 12.0. The molecule has 7 nitrogen and oxygen atoms in total. The standard InChI is InChI=1S/C27H32N6O/c1-18-13-20(9-10-24(18)28-3)26(34)33-12-11-23(14-19(33)2)32-16-21-15-29-27(31-25(21)17-32)30-22-7-5-4-6-8-22/h4-10,13,15,19,23,28H,11-12,14,16-17H2,1-3H3,(H,29,30,31)/t19-,23-/m1/s1. The van der Waals surface area contributed by atoms with Gasteiger partial charge in [-0.05, 0) is 62.6 Å². The number of aryl methyl sites for hydroxylation is 1. The lowest BCUT2D eigenvalue weighted by molar-refractivity contribution is 0.0460. The summed E-state index contributed by atoms with van der Waals surface area (Å²) in [5.74, 6) is 0.768. The Kier molecular flexibility index (Phi) is 6.20. The van der Waals surface area contributed by atoms with E-state index in [0.717, 1.165) is 60.7 Å². The van der Waals surface area contributed by atoms with E-state index >= 15 is 0 Å². The summed E-state index contributed by atoms with van der Waals surface area (Å²) in [6.07, 6.45) is 3.89. The van der Waals surface area contributed by atoms with Gasteiger partial charge < -0.3 is 15.5 Å². The monoisotopic (exact) mass is 456 g/mol. The highest BCUT2D eigenvalue weighted by atomic mass is 16.2. The predicted octanol–water partition coefficient (Wildman–Crippen LogP) is 4.58. The average molecular weight is 457 g/mol. The summed E-state index contributed by atoms with van der Waals surface area (Å²) in [5.41, 5.74) is 6.20. The van der Waals surface area contributed by atoms with Crippen LogP contribution < -0.4 is 10.6 Å². The number of piperidine rings is 1. The van der Waals surface area contributed by atoms with Crippen LogP contribution in [-0.4, -0.2) is 51.4 Å². The molecule has 0 spiro atoms. The highest BCUT2D eigenvalue weighted by molar-refractivity contribution is 5.95. The Morgan fingerprint density at radius 2 is 1.94 bits per heavy atom. The lowest BCUT2D eigenvalue weighted by Gasteiger charge is -2.41. The molecule has 0 bridgehead atoms. The molecule has 0 unspecified atom stereocenters. The first-order chi connectivity index (χ1) is 16.5. The number of nitrogens with zero attached hydrogens (tertiary/aromatic N) is 4. The first-order valence-electron chi connectivity index (χ1n) is 12.0. The van der Waals surface area contributed by atoms with Crippen molar-refractivity contribution in [3.8, 4) is 0 Å². The van der Waals surface area contributed by atoms with E-state index in [2.05, 4.69) is 27.4 Å². The molecular formula is C27H32N6O. The van der Waals surface area contributed by atoms with Crippen LogP contribution in [0.15, 0.2) is 54.7 Å². The molecule has 0 aliphatic carbocycles. The van der Waals surface area contributed by atoms with Crippen LogP contribution in [0.25, 0.3) is 0 Å². The van der Waals surface area contributed by atoms with Gasteiger partial charge in [-0.3, -0.25) is 9.69 Å². The Morgan fingerprint density at radius 1 is 1.12 bits per heavy atom. The summed E-state index contributed by atoms with van der Waals surface area (Å²) in [5, 5.41) is 6.46. The van der Waals surface area contributed by atoms with Crippen LogP contribution in [0.1, 0.15) is 46.9 Å². The van der Waals surface area contributed by atoms with Crippen LogP contribution in [-0.2, 0) is 13.1 Å². The third kappa shape index (κ3) is 4.48. The molecule has 1 amide bonds. The molecule has 2 aliphatic heterocycles. The minimum Gasteiger partial charge on any atom is -0.388 e. The quantitative estimate of drug-likeness (QED) is 0.586. The van der Waals surface area contributed by atoms with E-state index in [1.54, 1.807) is 0 Å². The van der Waals surface area contributed by atoms with Crippen molar-refractivity contribution >= 4 is 23.2 Å². The molecule has 1 fully saturated rings. The minimum atomic E-state index is 0.129. The molecule has 2 aliphatic rings. The summed E-state index contributed by atoms with van der Waals surface area (Å²) in [6.45, 7) is 6.68. The normalized spacial score (nSPS) is 20.1. The fourth-order valence-corrected chi connectivity index (χ4v) is 5.17. The molecule has 1 saturated heterocycles. The van der Waals surface area contributed by atoms with E-state index in [0.29, 0.717) is 12.0 Å². The van der Waals surface area contributed by atoms with Crippen LogP contribution >= 0.6 is 0 Å². The summed E-state index contributed by atoms with van der Waals surface area (Å²) >= 11 is 0. The van der Waals surface area contributed by atoms with Gasteiger partial charge in [-0.25, -0.2) is 9.97 Å². The molecule has 3 aromatic rings. The number of rotatable bonds is 5. The van der Waals surface area contributed by atoms with Crippen molar-refractivity contribution in [2.24, 2.45) is 0 Å². The van der Waals surface area contributed by atoms with Gasteiger partial charge >= 0.3 is 0 Å². The van der Waals surface area contributed by atoms with Crippen molar-refractivity contribution in [1.82, 2.24) is 19.8 Å². The SMILES string of the molecule is CNc1ccc(C(=O)N2CC[C@@H](N3Cc4cnc(Nc5ccccc5)nc4C3)C[C@H]2C)cc1C. The van der Waals surface area contributed by atoms with Gasteiger partial charge in [0.2, 0.25) is 5.95 Å². The van der Waals surface area contributed by atoms with Crippen LogP contribution in [0.5, 0.6) is 0 Å². The van der Waals surface area contributed by atoms with Crippen molar-refractivity contribution in [3.05, 3.63) is 77.1 Å². The van der Waals surface area contributed by atoms with Crippen molar-refractivity contribution in [1.29, 1.82) is 0 Å². The third-order valence-electron chi connectivity index (χ3n) is 7.08. The molecule has 7 heteroatoms. The fraction of sp³-hybridized carbons (Fsp3) is 0.370. The summed E-state index contributed by atoms with van der Waals surface area (Å²) in [6, 6.07) is 16.5. The molecule has 5 rings (SSSR count). The van der Waals surface area contributed by atoms with E-state index in [9.17, 15) is 4.79 Å². The van der Waals surface area contributed by atoms with Gasteiger partial charge in [-0.15, -0.1) is 0 Å². The molecule has 2 atom stereocenters. The van der Waals surface area contributed by atoms with Gasteiger partial charge in [-0.2, -0.15) is 0 Å². The van der Waals surface area contributed by atoms with E-state index in [1.807, 2.05) is 73.6 Å². The zero-order chi connectivity index (χ0) is 23.7. The van der Waals surface area contributed by atoms with Crippen molar-refractivity contribution in [2.75, 3.05) is 24.2 Å². The number of hydrogen-bond donors (Lipinski definition) is 2. The summed E-state index contributed by atoms with van der Waals surface area (Å²) in [7, 11) is 1.90. The predicted molar refractivity (Wildman–Crippen MR) is 135 cm³/mol. The number of fused-ring (bicyclic) bond motifs is 1. The number of likely N-dealkylation sites (tertiary alicyclic amines) is 1. The number of aromatic nitrogens is 2. The van der Waals surface area contributed by atoms with Crippen LogP contribution in [0.2, 0.25) is 0 Å². The lowest BCUT2D eigenvalue weighted by Crippen LogP contribution is -2.50. The molecule has 2 aromatic carbocycles. The molecular weight excluding hydrogens is 424 g/mol. The molecule has 0 saturated carbocycles. The molecule has 0 radical (unpaired) electrons. The van der Waals surface area contributed by atoms with E-state index in [-0.39, 0.29) is 11.9 Å². The molecule has 1 aromatic heterocycles.